The van der Waals surface area contributed by atoms with Gasteiger partial charge in [-0.15, -0.1) is 4.90 Å². The number of ether oxygens (including phenoxy) is 3. The summed E-state index contributed by atoms with van der Waals surface area (Å²) < 4.78 is 49.4. The smallest absolute Gasteiger partial charge is 0.427 e. The first-order valence-corrected chi connectivity index (χ1v) is 23.1. The number of imidazole rings is 1. The molecule has 1 aliphatic heterocycles. The van der Waals surface area contributed by atoms with E-state index in [9.17, 15) is 9.59 Å². The molecule has 0 spiro atoms. The summed E-state index contributed by atoms with van der Waals surface area (Å²) in [5.41, 5.74) is -1.70. The van der Waals surface area contributed by atoms with Crippen LogP contribution in [0.1, 0.15) is 89.3 Å². The topological polar surface area (TPSA) is 139 Å². The van der Waals surface area contributed by atoms with Gasteiger partial charge >= 0.3 is 12.2 Å². The molecule has 0 aliphatic carbocycles. The molecule has 1 aliphatic rings. The molecule has 0 aromatic carbocycles. The summed E-state index contributed by atoms with van der Waals surface area (Å²) in [4.78, 5) is 41.0. The highest BCUT2D eigenvalue weighted by Crippen LogP contribution is 2.51. The third-order valence-corrected chi connectivity index (χ3v) is 18.6. The number of nitrogens with one attached hydrogen (secondary N) is 1. The van der Waals surface area contributed by atoms with Crippen molar-refractivity contribution in [2.75, 3.05) is 23.9 Å². The van der Waals surface area contributed by atoms with Crippen molar-refractivity contribution in [2.24, 2.45) is 0 Å². The van der Waals surface area contributed by atoms with Crippen molar-refractivity contribution in [1.82, 2.24) is 19.5 Å². The summed E-state index contributed by atoms with van der Waals surface area (Å²) in [5.74, 6) is -0.249. The van der Waals surface area contributed by atoms with Crippen molar-refractivity contribution in [3.05, 3.63) is 6.33 Å². The van der Waals surface area contributed by atoms with E-state index in [-0.39, 0.29) is 33.7 Å². The number of imide groups is 1. The van der Waals surface area contributed by atoms with Crippen LogP contribution < -0.4 is 10.2 Å². The Balaban J connectivity index is 2.22. The van der Waals surface area contributed by atoms with Crippen molar-refractivity contribution in [3.63, 3.8) is 0 Å². The zero-order valence-electron chi connectivity index (χ0n) is 32.9. The average molecular weight is 761 g/mol. The minimum Gasteiger partial charge on any atom is -0.443 e. The molecule has 3 rings (SSSR count). The number of rotatable bonds is 8. The second kappa shape index (κ2) is 13.9. The van der Waals surface area contributed by atoms with E-state index in [2.05, 4.69) is 74.9 Å². The number of carbonyl (C=O) groups excluding carboxylic acids is 2. The molecule has 2 aromatic heterocycles. The quantitative estimate of drug-likeness (QED) is 0.204. The fourth-order valence-corrected chi connectivity index (χ4v) is 7.20. The third-order valence-electron chi connectivity index (χ3n) is 9.24. The van der Waals surface area contributed by atoms with E-state index in [0.717, 1.165) is 0 Å². The lowest BCUT2D eigenvalue weighted by atomic mass is 10.1. The van der Waals surface area contributed by atoms with Crippen LogP contribution in [-0.2, 0) is 23.1 Å². The first-order valence-electron chi connectivity index (χ1n) is 16.9. The second-order valence-corrected chi connectivity index (χ2v) is 28.0. The second-order valence-electron chi connectivity index (χ2n) is 17.8. The molecule has 0 radical (unpaired) electrons. The van der Waals surface area contributed by atoms with E-state index in [0.29, 0.717) is 4.90 Å². The van der Waals surface area contributed by atoms with Crippen LogP contribution in [0.25, 0.3) is 11.2 Å². The van der Waals surface area contributed by atoms with Gasteiger partial charge in [0.2, 0.25) is 5.95 Å². The Labute approximate surface area is 303 Å². The van der Waals surface area contributed by atoms with Crippen molar-refractivity contribution >= 4 is 63.4 Å². The van der Waals surface area contributed by atoms with Gasteiger partial charge < -0.3 is 28.4 Å². The fourth-order valence-electron chi connectivity index (χ4n) is 4.45. The van der Waals surface area contributed by atoms with Crippen LogP contribution in [0, 0.1) is 0 Å². The standard InChI is InChI=1S/C33H58ClFN6O7Si2/c1-29(2,3)46-27(42)41(28(43)47-30(4,5)6)26-38-23(36-13)21-24(39-26)40(19-37-21)25-33(34,35)22(48-50(16,17)32(10,11)12)20(45-25)18-44-49(14,15)31(7,8)9/h19-20,22,25H,18H2,1-17H3,(H,36,38,39)/t20-,22-,25-,33-/m1/s1. The molecule has 0 bridgehead atoms. The number of hydrogen-bond donors (Lipinski definition) is 1. The highest BCUT2D eigenvalue weighted by Gasteiger charge is 2.61. The molecule has 4 atom stereocenters. The lowest BCUT2D eigenvalue weighted by Gasteiger charge is -2.41. The number of halogens is 2. The van der Waals surface area contributed by atoms with E-state index >= 15 is 4.39 Å². The highest BCUT2D eigenvalue weighted by molar-refractivity contribution is 6.74. The van der Waals surface area contributed by atoms with Crippen LogP contribution in [0.5, 0.6) is 0 Å². The Bertz CT molecular complexity index is 1530. The van der Waals surface area contributed by atoms with Crippen LogP contribution >= 0.6 is 11.6 Å². The van der Waals surface area contributed by atoms with E-state index in [1.807, 2.05) is 13.1 Å². The molecule has 1 N–H and O–H groups in total. The Morgan fingerprint density at radius 1 is 0.940 bits per heavy atom. The number of aromatic nitrogens is 4. The molecule has 0 unspecified atom stereocenters. The van der Waals surface area contributed by atoms with Gasteiger partial charge in [0.05, 0.1) is 12.9 Å². The fraction of sp³-hybridized carbons (Fsp3) is 0.788. The molecule has 2 aromatic rings. The first-order chi connectivity index (χ1) is 22.3. The monoisotopic (exact) mass is 760 g/mol. The van der Waals surface area contributed by atoms with Crippen LogP contribution in [0.2, 0.25) is 36.3 Å². The largest absolute Gasteiger partial charge is 0.443 e. The number of fused-ring (bicyclic) bond motifs is 1. The van der Waals surface area contributed by atoms with Gasteiger partial charge in [0.25, 0.3) is 5.13 Å². The predicted molar refractivity (Wildman–Crippen MR) is 199 cm³/mol. The molecule has 1 saturated heterocycles. The molecular formula is C33H58ClFN6O7Si2. The summed E-state index contributed by atoms with van der Waals surface area (Å²) in [5, 5.41) is -0.0726. The van der Waals surface area contributed by atoms with Gasteiger partial charge in [-0.05, 0) is 77.8 Å². The number of carbonyl (C=O) groups is 2. The Morgan fingerprint density at radius 3 is 1.88 bits per heavy atom. The van der Waals surface area contributed by atoms with Crippen LogP contribution in [-0.4, -0.2) is 90.5 Å². The highest BCUT2D eigenvalue weighted by atomic mass is 35.5. The van der Waals surface area contributed by atoms with Gasteiger partial charge in [0, 0.05) is 7.05 Å². The molecular weight excluding hydrogens is 703 g/mol. The number of anilines is 2. The van der Waals surface area contributed by atoms with Gasteiger partial charge in [-0.1, -0.05) is 53.1 Å². The number of alkyl halides is 2. The molecule has 13 nitrogen and oxygen atoms in total. The van der Waals surface area contributed by atoms with E-state index in [1.54, 1.807) is 48.6 Å². The summed E-state index contributed by atoms with van der Waals surface area (Å²) in [6, 6.07) is 0. The zero-order valence-corrected chi connectivity index (χ0v) is 35.6. The summed E-state index contributed by atoms with van der Waals surface area (Å²) in [6.45, 7) is 30.8. The molecule has 1 fully saturated rings. The molecule has 50 heavy (non-hydrogen) atoms. The lowest BCUT2D eigenvalue weighted by molar-refractivity contribution is -0.0451. The van der Waals surface area contributed by atoms with E-state index < -0.39 is 69.5 Å². The van der Waals surface area contributed by atoms with Crippen molar-refractivity contribution in [1.29, 1.82) is 0 Å². The SMILES string of the molecule is CNc1nc(N(C(=O)OC(C)(C)C)C(=O)OC(C)(C)C)nc2c1ncn2[C@@H]1O[C@H](CO[Si](C)(C)C(C)(C)C)[C@@H](O[Si](C)(C)C(C)(C)C)[C@]1(F)Cl. The molecule has 284 valence electrons. The van der Waals surface area contributed by atoms with Crippen LogP contribution in [0.3, 0.4) is 0 Å². The lowest BCUT2D eigenvalue weighted by Crippen LogP contribution is -2.52. The first kappa shape index (κ1) is 42.0. The predicted octanol–water partition coefficient (Wildman–Crippen LogP) is 8.76. The summed E-state index contributed by atoms with van der Waals surface area (Å²) in [6.07, 6.45) is -4.42. The Hall–Kier alpha value is -2.38. The zero-order chi connectivity index (χ0) is 38.6. The van der Waals surface area contributed by atoms with Crippen molar-refractivity contribution < 1.29 is 37.0 Å². The van der Waals surface area contributed by atoms with Gasteiger partial charge in [0.1, 0.15) is 23.4 Å². The maximum absolute atomic E-state index is 17.4. The molecule has 0 saturated carbocycles. The molecule has 17 heteroatoms. The average Bonchev–Trinajstić information content (AvgIpc) is 3.41. The number of amides is 2. The third kappa shape index (κ3) is 9.15. The molecule has 3 heterocycles. The normalized spacial score (nSPS) is 22.5. The van der Waals surface area contributed by atoms with Crippen LogP contribution in [0.15, 0.2) is 6.33 Å². The Morgan fingerprint density at radius 2 is 1.44 bits per heavy atom. The van der Waals surface area contributed by atoms with Gasteiger partial charge in [-0.25, -0.2) is 19.0 Å². The maximum Gasteiger partial charge on any atom is 0.427 e. The summed E-state index contributed by atoms with van der Waals surface area (Å²) >= 11 is 6.90. The number of nitrogens with zero attached hydrogens (tertiary/aromatic N) is 5. The van der Waals surface area contributed by atoms with Gasteiger partial charge in [0.15, 0.2) is 39.8 Å². The Kier molecular flexibility index (Phi) is 11.7. The number of hydrogen-bond acceptors (Lipinski definition) is 11. The minimum absolute atomic E-state index is 0.0289. The van der Waals surface area contributed by atoms with E-state index in [1.165, 1.54) is 10.9 Å². The van der Waals surface area contributed by atoms with Gasteiger partial charge in [-0.2, -0.15) is 9.97 Å². The van der Waals surface area contributed by atoms with E-state index in [4.69, 9.17) is 34.7 Å². The molecule has 2 amide bonds. The summed E-state index contributed by atoms with van der Waals surface area (Å²) in [7, 11) is -3.31. The van der Waals surface area contributed by atoms with Crippen molar-refractivity contribution in [2.45, 2.75) is 154 Å². The van der Waals surface area contributed by atoms with Crippen LogP contribution in [0.4, 0.5) is 25.7 Å². The maximum atomic E-state index is 17.4. The minimum atomic E-state index is -2.62. The van der Waals surface area contributed by atoms with Gasteiger partial charge in [-0.3, -0.25) is 4.57 Å². The van der Waals surface area contributed by atoms with Crippen molar-refractivity contribution in [3.8, 4) is 0 Å².